The van der Waals surface area contributed by atoms with E-state index in [1.165, 1.54) is 25.1 Å². The zero-order valence-electron chi connectivity index (χ0n) is 11.1. The number of carboxylic acid groups (broad SMARTS) is 1. The minimum absolute atomic E-state index is 0.0892. The van der Waals surface area contributed by atoms with E-state index in [1.54, 1.807) is 0 Å². The lowest BCUT2D eigenvalue weighted by Crippen LogP contribution is -2.35. The largest absolute Gasteiger partial charge is 0.478 e. The summed E-state index contributed by atoms with van der Waals surface area (Å²) in [5.41, 5.74) is 6.09. The van der Waals surface area contributed by atoms with Gasteiger partial charge in [-0.2, -0.15) is 0 Å². The molecule has 0 aliphatic carbocycles. The number of carboxylic acids is 1. The maximum Gasteiger partial charge on any atom is 0.337 e. The SMILES string of the molecule is CC(CNc1nccc(C(=O)O)c1N)N1CCCC1. The second kappa shape index (κ2) is 5.88. The molecule has 1 fully saturated rings. The van der Waals surface area contributed by atoms with E-state index in [1.807, 2.05) is 0 Å². The summed E-state index contributed by atoms with van der Waals surface area (Å²) in [4.78, 5) is 17.5. The smallest absolute Gasteiger partial charge is 0.337 e. The minimum atomic E-state index is -1.03. The van der Waals surface area contributed by atoms with Crippen molar-refractivity contribution < 1.29 is 9.90 Å². The topological polar surface area (TPSA) is 91.5 Å². The van der Waals surface area contributed by atoms with Crippen LogP contribution in [0.3, 0.4) is 0 Å². The lowest BCUT2D eigenvalue weighted by Gasteiger charge is -2.24. The fourth-order valence-corrected chi connectivity index (χ4v) is 2.36. The Morgan fingerprint density at radius 3 is 2.89 bits per heavy atom. The van der Waals surface area contributed by atoms with Gasteiger partial charge in [0.1, 0.15) is 5.82 Å². The minimum Gasteiger partial charge on any atom is -0.478 e. The third-order valence-electron chi connectivity index (χ3n) is 3.55. The van der Waals surface area contributed by atoms with Crippen LogP contribution in [0, 0.1) is 0 Å². The third-order valence-corrected chi connectivity index (χ3v) is 3.55. The van der Waals surface area contributed by atoms with E-state index in [-0.39, 0.29) is 11.3 Å². The molecule has 0 spiro atoms. The molecule has 0 bridgehead atoms. The fraction of sp³-hybridized carbons (Fsp3) is 0.538. The van der Waals surface area contributed by atoms with Crippen LogP contribution in [0.5, 0.6) is 0 Å². The first kappa shape index (κ1) is 13.6. The van der Waals surface area contributed by atoms with Gasteiger partial charge in [0.05, 0.1) is 11.3 Å². The number of nitrogens with one attached hydrogen (secondary N) is 1. The number of rotatable bonds is 5. The number of likely N-dealkylation sites (tertiary alicyclic amines) is 1. The van der Waals surface area contributed by atoms with Gasteiger partial charge in [-0.25, -0.2) is 9.78 Å². The van der Waals surface area contributed by atoms with Crippen molar-refractivity contribution in [3.63, 3.8) is 0 Å². The molecule has 0 amide bonds. The Morgan fingerprint density at radius 2 is 2.26 bits per heavy atom. The molecule has 19 heavy (non-hydrogen) atoms. The summed E-state index contributed by atoms with van der Waals surface area (Å²) in [5, 5.41) is 12.1. The second-order valence-electron chi connectivity index (χ2n) is 4.90. The van der Waals surface area contributed by atoms with Crippen LogP contribution < -0.4 is 11.1 Å². The van der Waals surface area contributed by atoms with Crippen molar-refractivity contribution in [2.45, 2.75) is 25.8 Å². The van der Waals surface area contributed by atoms with Crippen molar-refractivity contribution in [1.82, 2.24) is 9.88 Å². The average molecular weight is 264 g/mol. The van der Waals surface area contributed by atoms with Crippen molar-refractivity contribution >= 4 is 17.5 Å². The monoisotopic (exact) mass is 264 g/mol. The Labute approximate surface area is 112 Å². The average Bonchev–Trinajstić information content (AvgIpc) is 2.90. The van der Waals surface area contributed by atoms with E-state index in [0.717, 1.165) is 13.1 Å². The maximum atomic E-state index is 11.0. The molecule has 104 valence electrons. The summed E-state index contributed by atoms with van der Waals surface area (Å²) >= 11 is 0. The van der Waals surface area contributed by atoms with Crippen molar-refractivity contribution in [3.8, 4) is 0 Å². The molecule has 0 aromatic carbocycles. The molecule has 1 atom stereocenters. The number of aromatic carboxylic acids is 1. The highest BCUT2D eigenvalue weighted by Gasteiger charge is 2.18. The highest BCUT2D eigenvalue weighted by atomic mass is 16.4. The molecule has 4 N–H and O–H groups in total. The highest BCUT2D eigenvalue weighted by molar-refractivity contribution is 5.96. The van der Waals surface area contributed by atoms with E-state index in [0.29, 0.717) is 18.4 Å². The van der Waals surface area contributed by atoms with Crippen LogP contribution in [-0.2, 0) is 0 Å². The molecule has 1 aromatic heterocycles. The summed E-state index contributed by atoms with van der Waals surface area (Å²) in [7, 11) is 0. The lowest BCUT2D eigenvalue weighted by atomic mass is 10.2. The number of carbonyl (C=O) groups is 1. The molecule has 6 nitrogen and oxygen atoms in total. The standard InChI is InChI=1S/C13H20N4O2/c1-9(17-6-2-3-7-17)8-16-12-11(14)10(13(18)19)4-5-15-12/h4-5,9H,2-3,6-8,14H2,1H3,(H,15,16)(H,18,19). The van der Waals surface area contributed by atoms with Gasteiger partial charge in [-0.1, -0.05) is 0 Å². The highest BCUT2D eigenvalue weighted by Crippen LogP contribution is 2.20. The first-order valence-electron chi connectivity index (χ1n) is 6.55. The van der Waals surface area contributed by atoms with Crippen LogP contribution in [0.4, 0.5) is 11.5 Å². The van der Waals surface area contributed by atoms with E-state index in [4.69, 9.17) is 10.8 Å². The predicted octanol–water partition coefficient (Wildman–Crippen LogP) is 1.26. The van der Waals surface area contributed by atoms with Crippen molar-refractivity contribution in [3.05, 3.63) is 17.8 Å². The van der Waals surface area contributed by atoms with Gasteiger partial charge in [0.2, 0.25) is 0 Å². The summed E-state index contributed by atoms with van der Waals surface area (Å²) in [6, 6.07) is 1.80. The lowest BCUT2D eigenvalue weighted by molar-refractivity contribution is 0.0698. The van der Waals surface area contributed by atoms with Crippen LogP contribution in [0.1, 0.15) is 30.1 Å². The number of hydrogen-bond donors (Lipinski definition) is 3. The molecule has 2 heterocycles. The van der Waals surface area contributed by atoms with Crippen molar-refractivity contribution in [2.24, 2.45) is 0 Å². The number of anilines is 2. The Hall–Kier alpha value is -1.82. The number of pyridine rings is 1. The van der Waals surface area contributed by atoms with Crippen LogP contribution in [0.2, 0.25) is 0 Å². The molecular weight excluding hydrogens is 244 g/mol. The van der Waals surface area contributed by atoms with E-state index in [2.05, 4.69) is 22.1 Å². The van der Waals surface area contributed by atoms with Crippen LogP contribution in [0.15, 0.2) is 12.3 Å². The Kier molecular flexibility index (Phi) is 4.21. The number of hydrogen-bond acceptors (Lipinski definition) is 5. The van der Waals surface area contributed by atoms with Gasteiger partial charge in [0.25, 0.3) is 0 Å². The summed E-state index contributed by atoms with van der Waals surface area (Å²) in [6.07, 6.45) is 3.96. The number of aromatic nitrogens is 1. The van der Waals surface area contributed by atoms with Gasteiger partial charge in [-0.15, -0.1) is 0 Å². The third kappa shape index (κ3) is 3.14. The number of nitrogens with zero attached hydrogens (tertiary/aromatic N) is 2. The summed E-state index contributed by atoms with van der Waals surface area (Å²) in [5.74, 6) is -0.582. The zero-order chi connectivity index (χ0) is 13.8. The normalized spacial score (nSPS) is 17.3. The summed E-state index contributed by atoms with van der Waals surface area (Å²) in [6.45, 7) is 5.11. The summed E-state index contributed by atoms with van der Waals surface area (Å²) < 4.78 is 0. The molecule has 1 aliphatic heterocycles. The molecule has 2 rings (SSSR count). The predicted molar refractivity (Wildman–Crippen MR) is 74.4 cm³/mol. The van der Waals surface area contributed by atoms with Gasteiger partial charge in [0, 0.05) is 18.8 Å². The first-order valence-corrected chi connectivity index (χ1v) is 6.55. The van der Waals surface area contributed by atoms with Gasteiger partial charge < -0.3 is 16.2 Å². The molecule has 0 radical (unpaired) electrons. The van der Waals surface area contributed by atoms with Crippen LogP contribution in [0.25, 0.3) is 0 Å². The van der Waals surface area contributed by atoms with E-state index >= 15 is 0 Å². The zero-order valence-corrected chi connectivity index (χ0v) is 11.1. The molecule has 1 aromatic rings. The molecular formula is C13H20N4O2. The maximum absolute atomic E-state index is 11.0. The van der Waals surface area contributed by atoms with E-state index < -0.39 is 5.97 Å². The molecule has 1 aliphatic rings. The first-order chi connectivity index (χ1) is 9.09. The van der Waals surface area contributed by atoms with Crippen molar-refractivity contribution in [2.75, 3.05) is 30.7 Å². The van der Waals surface area contributed by atoms with Gasteiger partial charge in [-0.05, 0) is 38.9 Å². The van der Waals surface area contributed by atoms with E-state index in [9.17, 15) is 4.79 Å². The Bertz CT molecular complexity index is 458. The quantitative estimate of drug-likeness (QED) is 0.741. The molecule has 1 saturated heterocycles. The van der Waals surface area contributed by atoms with Gasteiger partial charge >= 0.3 is 5.97 Å². The number of nitrogens with two attached hydrogens (primary N) is 1. The number of nitrogen functional groups attached to an aromatic ring is 1. The Morgan fingerprint density at radius 1 is 1.58 bits per heavy atom. The molecule has 0 saturated carbocycles. The molecule has 1 unspecified atom stereocenters. The van der Waals surface area contributed by atoms with Gasteiger partial charge in [-0.3, -0.25) is 4.90 Å². The molecule has 6 heteroatoms. The van der Waals surface area contributed by atoms with Crippen LogP contribution >= 0.6 is 0 Å². The Balaban J connectivity index is 1.99. The second-order valence-corrected chi connectivity index (χ2v) is 4.90. The fourth-order valence-electron chi connectivity index (χ4n) is 2.36. The van der Waals surface area contributed by atoms with Crippen molar-refractivity contribution in [1.29, 1.82) is 0 Å². The van der Waals surface area contributed by atoms with Gasteiger partial charge in [0.15, 0.2) is 0 Å². The van der Waals surface area contributed by atoms with Crippen LogP contribution in [-0.4, -0.2) is 46.6 Å².